The number of hydrogen-bond acceptors (Lipinski definition) is 5. The highest BCUT2D eigenvalue weighted by atomic mass is 35.5. The van der Waals surface area contributed by atoms with E-state index in [1.54, 1.807) is 31.7 Å². The number of ether oxygens (including phenoxy) is 2. The number of esters is 1. The fourth-order valence-electron chi connectivity index (χ4n) is 3.23. The van der Waals surface area contributed by atoms with Gasteiger partial charge in [0.25, 0.3) is 6.26 Å². The first-order valence-corrected chi connectivity index (χ1v) is 8.96. The maximum Gasteiger partial charge on any atom is 0.410 e. The molecule has 1 saturated heterocycles. The van der Waals surface area contributed by atoms with Crippen LogP contribution in [0.3, 0.4) is 0 Å². The van der Waals surface area contributed by atoms with Crippen molar-refractivity contribution in [2.75, 3.05) is 13.1 Å². The van der Waals surface area contributed by atoms with Gasteiger partial charge in [-0.1, -0.05) is 11.6 Å². The Morgan fingerprint density at radius 3 is 2.44 bits per heavy atom. The van der Waals surface area contributed by atoms with Gasteiger partial charge in [0.2, 0.25) is 0 Å². The summed E-state index contributed by atoms with van der Waals surface area (Å²) in [5.74, 6) is -1.22. The van der Waals surface area contributed by atoms with Crippen LogP contribution < -0.4 is 0 Å². The number of piperidine rings is 1. The Balaban J connectivity index is 2.25. The molecule has 0 aliphatic carbocycles. The molecular formula is C19H22ClFN2O4. The van der Waals surface area contributed by atoms with Gasteiger partial charge in [0.05, 0.1) is 6.42 Å². The first-order chi connectivity index (χ1) is 12.5. The number of amides is 1. The molecule has 0 aromatic heterocycles. The topological polar surface area (TPSA) is 79.6 Å². The van der Waals surface area contributed by atoms with Crippen molar-refractivity contribution in [1.82, 2.24) is 4.90 Å². The number of carbonyl (C=O) groups excluding carboxylic acids is 2. The Hall–Kier alpha value is -2.33. The van der Waals surface area contributed by atoms with Crippen molar-refractivity contribution in [3.8, 4) is 6.26 Å². The largest absolute Gasteiger partial charge is 0.444 e. The molecule has 1 amide bonds. The number of benzene rings is 1. The number of carbonyl (C=O) groups is 2. The van der Waals surface area contributed by atoms with Crippen molar-refractivity contribution < 1.29 is 23.5 Å². The van der Waals surface area contributed by atoms with E-state index in [0.29, 0.717) is 31.5 Å². The van der Waals surface area contributed by atoms with E-state index in [1.165, 1.54) is 18.4 Å². The average molecular weight is 397 g/mol. The summed E-state index contributed by atoms with van der Waals surface area (Å²) in [6, 6.07) is 4.12. The molecule has 0 bridgehead atoms. The summed E-state index contributed by atoms with van der Waals surface area (Å²) in [4.78, 5) is 25.8. The van der Waals surface area contributed by atoms with E-state index < -0.39 is 28.9 Å². The van der Waals surface area contributed by atoms with E-state index in [0.717, 1.165) is 0 Å². The molecule has 0 radical (unpaired) electrons. The van der Waals surface area contributed by atoms with Gasteiger partial charge in [-0.05, 0) is 57.4 Å². The highest BCUT2D eigenvalue weighted by Crippen LogP contribution is 2.40. The maximum absolute atomic E-state index is 13.9. The lowest BCUT2D eigenvalue weighted by Crippen LogP contribution is -2.47. The molecule has 1 heterocycles. The number of nitriles is 1. The van der Waals surface area contributed by atoms with Crippen LogP contribution in [0.15, 0.2) is 18.2 Å². The monoisotopic (exact) mass is 396 g/mol. The second-order valence-corrected chi connectivity index (χ2v) is 8.08. The minimum absolute atomic E-state index is 0.109. The van der Waals surface area contributed by atoms with Crippen LogP contribution in [0.2, 0.25) is 5.02 Å². The summed E-state index contributed by atoms with van der Waals surface area (Å²) >= 11 is 5.99. The van der Waals surface area contributed by atoms with Crippen LogP contribution >= 0.6 is 11.6 Å². The number of rotatable bonds is 3. The fraction of sp³-hybridized carbons (Fsp3) is 0.526. The van der Waals surface area contributed by atoms with Crippen molar-refractivity contribution in [2.45, 2.75) is 51.0 Å². The number of hydrogen-bond donors (Lipinski definition) is 0. The SMILES string of the molecule is CC(C)(C)OC(=O)N1CCC(CC(=O)OC#N)(c2cc(F)cc(Cl)c2)CC1. The quantitative estimate of drug-likeness (QED) is 0.566. The molecule has 146 valence electrons. The summed E-state index contributed by atoms with van der Waals surface area (Å²) in [5, 5.41) is 8.80. The molecule has 1 fully saturated rings. The highest BCUT2D eigenvalue weighted by Gasteiger charge is 2.41. The van der Waals surface area contributed by atoms with Crippen molar-refractivity contribution >= 4 is 23.7 Å². The lowest BCUT2D eigenvalue weighted by atomic mass is 9.70. The van der Waals surface area contributed by atoms with Gasteiger partial charge in [-0.25, -0.2) is 9.18 Å². The van der Waals surface area contributed by atoms with Crippen molar-refractivity contribution in [2.24, 2.45) is 0 Å². The van der Waals surface area contributed by atoms with Crippen molar-refractivity contribution in [1.29, 1.82) is 5.26 Å². The van der Waals surface area contributed by atoms with E-state index in [1.807, 2.05) is 0 Å². The third-order valence-corrected chi connectivity index (χ3v) is 4.71. The first-order valence-electron chi connectivity index (χ1n) is 8.58. The normalized spacial score (nSPS) is 16.4. The lowest BCUT2D eigenvalue weighted by molar-refractivity contribution is -0.139. The third-order valence-electron chi connectivity index (χ3n) is 4.49. The molecule has 0 spiro atoms. The van der Waals surface area contributed by atoms with E-state index >= 15 is 0 Å². The Bertz CT molecular complexity index is 742. The second kappa shape index (κ2) is 8.13. The van der Waals surface area contributed by atoms with Crippen LogP contribution in [-0.2, 0) is 19.7 Å². The molecule has 6 nitrogen and oxygen atoms in total. The summed E-state index contributed by atoms with van der Waals surface area (Å²) in [5.41, 5.74) is -0.845. The molecule has 8 heteroatoms. The molecule has 0 atom stereocenters. The molecule has 2 rings (SSSR count). The Labute approximate surface area is 162 Å². The van der Waals surface area contributed by atoms with Crippen LogP contribution in [0.1, 0.15) is 45.6 Å². The van der Waals surface area contributed by atoms with Gasteiger partial charge < -0.3 is 14.4 Å². The van der Waals surface area contributed by atoms with Crippen LogP contribution in [0, 0.1) is 17.3 Å². The number of halogens is 2. The minimum Gasteiger partial charge on any atom is -0.444 e. The van der Waals surface area contributed by atoms with Gasteiger partial charge in [0.1, 0.15) is 11.4 Å². The number of nitrogens with zero attached hydrogens (tertiary/aromatic N) is 2. The first kappa shape index (κ1) is 21.0. The van der Waals surface area contributed by atoms with Gasteiger partial charge in [-0.2, -0.15) is 0 Å². The highest BCUT2D eigenvalue weighted by molar-refractivity contribution is 6.30. The van der Waals surface area contributed by atoms with Crippen LogP contribution in [-0.4, -0.2) is 35.7 Å². The summed E-state index contributed by atoms with van der Waals surface area (Å²) in [6.45, 7) is 6.00. The van der Waals surface area contributed by atoms with Gasteiger partial charge in [0.15, 0.2) is 0 Å². The molecule has 1 aliphatic rings. The van der Waals surface area contributed by atoms with Gasteiger partial charge in [0, 0.05) is 23.5 Å². The Kier molecular flexibility index (Phi) is 6.32. The smallest absolute Gasteiger partial charge is 0.410 e. The predicted molar refractivity (Wildman–Crippen MR) is 96.5 cm³/mol. The zero-order valence-electron chi connectivity index (χ0n) is 15.6. The van der Waals surface area contributed by atoms with Crippen LogP contribution in [0.4, 0.5) is 9.18 Å². The maximum atomic E-state index is 13.9. The summed E-state index contributed by atoms with van der Waals surface area (Å²) < 4.78 is 23.7. The number of likely N-dealkylation sites (tertiary alicyclic amines) is 1. The van der Waals surface area contributed by atoms with Gasteiger partial charge in [-0.15, -0.1) is 5.26 Å². The molecular weight excluding hydrogens is 375 g/mol. The predicted octanol–water partition coefficient (Wildman–Crippen LogP) is 4.16. The molecule has 1 aromatic carbocycles. The second-order valence-electron chi connectivity index (χ2n) is 7.65. The van der Waals surface area contributed by atoms with E-state index in [2.05, 4.69) is 4.74 Å². The van der Waals surface area contributed by atoms with Crippen LogP contribution in [0.5, 0.6) is 0 Å². The van der Waals surface area contributed by atoms with E-state index in [4.69, 9.17) is 21.6 Å². The molecule has 0 unspecified atom stereocenters. The fourth-order valence-corrected chi connectivity index (χ4v) is 3.46. The van der Waals surface area contributed by atoms with Crippen LogP contribution in [0.25, 0.3) is 0 Å². The Morgan fingerprint density at radius 1 is 1.30 bits per heavy atom. The lowest BCUT2D eigenvalue weighted by Gasteiger charge is -2.41. The van der Waals surface area contributed by atoms with Crippen molar-refractivity contribution in [3.05, 3.63) is 34.6 Å². The van der Waals surface area contributed by atoms with Gasteiger partial charge >= 0.3 is 12.1 Å². The molecule has 0 N–H and O–H groups in total. The molecule has 1 aliphatic heterocycles. The molecule has 0 saturated carbocycles. The molecule has 27 heavy (non-hydrogen) atoms. The third kappa shape index (κ3) is 5.57. The van der Waals surface area contributed by atoms with E-state index in [9.17, 15) is 14.0 Å². The standard InChI is InChI=1S/C19H22ClFN2O4/c1-18(2,3)27-17(25)23-6-4-19(5-7-23,11-16(24)26-12-22)13-8-14(20)10-15(21)9-13/h8-10H,4-7,11H2,1-3H3. The Morgan fingerprint density at radius 2 is 1.93 bits per heavy atom. The van der Waals surface area contributed by atoms with E-state index in [-0.39, 0.29) is 11.4 Å². The summed E-state index contributed by atoms with van der Waals surface area (Å²) in [6.07, 6.45) is 1.58. The zero-order valence-corrected chi connectivity index (χ0v) is 16.3. The van der Waals surface area contributed by atoms with Crippen molar-refractivity contribution in [3.63, 3.8) is 0 Å². The summed E-state index contributed by atoms with van der Waals surface area (Å²) in [7, 11) is 0. The van der Waals surface area contributed by atoms with Gasteiger partial charge in [-0.3, -0.25) is 4.79 Å². The molecule has 1 aromatic rings. The average Bonchev–Trinajstić information content (AvgIpc) is 2.53. The minimum atomic E-state index is -0.780. The zero-order chi connectivity index (χ0) is 20.2.